The lowest BCUT2D eigenvalue weighted by atomic mass is 10.3. The molecule has 0 aromatic carbocycles. The van der Waals surface area contributed by atoms with Crippen molar-refractivity contribution in [3.8, 4) is 0 Å². The minimum atomic E-state index is 0.810. The number of nitrogens with two attached hydrogens (primary N) is 1. The normalized spacial score (nSPS) is 10.9. The second-order valence-electron chi connectivity index (χ2n) is 3.50. The van der Waals surface area contributed by atoms with Gasteiger partial charge in [-0.15, -0.1) is 0 Å². The summed E-state index contributed by atoms with van der Waals surface area (Å²) in [6.45, 7) is 3.21. The van der Waals surface area contributed by atoms with E-state index in [0.29, 0.717) is 0 Å². The lowest BCUT2D eigenvalue weighted by Gasteiger charge is -2.03. The maximum absolute atomic E-state index is 5.84. The van der Waals surface area contributed by atoms with Crippen LogP contribution >= 0.6 is 0 Å². The van der Waals surface area contributed by atoms with E-state index in [9.17, 15) is 0 Å². The fourth-order valence-corrected chi connectivity index (χ4v) is 1.62. The molecule has 2 heterocycles. The minimum Gasteiger partial charge on any atom is -0.398 e. The van der Waals surface area contributed by atoms with Crippen molar-refractivity contribution in [1.29, 1.82) is 0 Å². The molecule has 0 bridgehead atoms. The van der Waals surface area contributed by atoms with E-state index >= 15 is 0 Å². The Morgan fingerprint density at radius 2 is 2.29 bits per heavy atom. The maximum atomic E-state index is 5.84. The number of hydrogen-bond acceptors (Lipinski definition) is 2. The van der Waals surface area contributed by atoms with Crippen LogP contribution in [0.2, 0.25) is 0 Å². The summed E-state index contributed by atoms with van der Waals surface area (Å²) in [7, 11) is 0. The molecule has 2 aromatic heterocycles. The fourth-order valence-electron chi connectivity index (χ4n) is 1.62. The van der Waals surface area contributed by atoms with E-state index in [1.807, 2.05) is 12.1 Å². The molecule has 0 aliphatic heterocycles. The van der Waals surface area contributed by atoms with Gasteiger partial charge in [0.1, 0.15) is 5.65 Å². The first-order valence-electron chi connectivity index (χ1n) is 5.02. The van der Waals surface area contributed by atoms with Crippen LogP contribution in [0.4, 0.5) is 5.69 Å². The van der Waals surface area contributed by atoms with Gasteiger partial charge in [0.05, 0.1) is 0 Å². The molecule has 0 amide bonds. The van der Waals surface area contributed by atoms with Crippen LogP contribution in [0.5, 0.6) is 0 Å². The monoisotopic (exact) mass is 189 g/mol. The van der Waals surface area contributed by atoms with Crippen molar-refractivity contribution in [2.45, 2.75) is 26.3 Å². The molecule has 0 aliphatic rings. The number of anilines is 1. The zero-order chi connectivity index (χ0) is 9.97. The van der Waals surface area contributed by atoms with Crippen LogP contribution in [0.3, 0.4) is 0 Å². The van der Waals surface area contributed by atoms with Gasteiger partial charge in [-0.1, -0.05) is 13.3 Å². The largest absolute Gasteiger partial charge is 0.398 e. The molecule has 0 spiro atoms. The first-order valence-corrected chi connectivity index (χ1v) is 5.02. The van der Waals surface area contributed by atoms with Crippen LogP contribution in [0.1, 0.15) is 19.8 Å². The Labute approximate surface area is 83.6 Å². The zero-order valence-corrected chi connectivity index (χ0v) is 8.40. The van der Waals surface area contributed by atoms with Gasteiger partial charge in [-0.05, 0) is 18.6 Å². The summed E-state index contributed by atoms with van der Waals surface area (Å²) in [4.78, 5) is 4.34. The average Bonchev–Trinajstić information content (AvgIpc) is 2.60. The molecule has 0 aliphatic carbocycles. The fraction of sp³-hybridized carbons (Fsp3) is 0.364. The van der Waals surface area contributed by atoms with Crippen LogP contribution < -0.4 is 5.73 Å². The van der Waals surface area contributed by atoms with E-state index in [2.05, 4.69) is 22.7 Å². The molecule has 2 aromatic rings. The van der Waals surface area contributed by atoms with Gasteiger partial charge in [0, 0.05) is 30.0 Å². The predicted octanol–water partition coefficient (Wildman–Crippen LogP) is 2.42. The van der Waals surface area contributed by atoms with Crippen molar-refractivity contribution in [2.24, 2.45) is 0 Å². The van der Waals surface area contributed by atoms with E-state index in [4.69, 9.17) is 5.73 Å². The minimum absolute atomic E-state index is 0.810. The molecule has 14 heavy (non-hydrogen) atoms. The van der Waals surface area contributed by atoms with E-state index < -0.39 is 0 Å². The third-order valence-electron chi connectivity index (χ3n) is 2.45. The van der Waals surface area contributed by atoms with Gasteiger partial charge in [0.25, 0.3) is 0 Å². The summed E-state index contributed by atoms with van der Waals surface area (Å²) in [5.74, 6) is 0. The SMILES string of the molecule is CCCCn1ccc2c(N)ccnc21. The molecule has 2 rings (SSSR count). The second kappa shape index (κ2) is 3.70. The van der Waals surface area contributed by atoms with Crippen molar-refractivity contribution in [1.82, 2.24) is 9.55 Å². The third-order valence-corrected chi connectivity index (χ3v) is 2.45. The number of nitrogens with zero attached hydrogens (tertiary/aromatic N) is 2. The Hall–Kier alpha value is -1.51. The number of unbranched alkanes of at least 4 members (excludes halogenated alkanes) is 1. The Morgan fingerprint density at radius 3 is 3.07 bits per heavy atom. The highest BCUT2D eigenvalue weighted by atomic mass is 15.0. The molecular formula is C11H15N3. The number of nitrogen functional groups attached to an aromatic ring is 1. The lowest BCUT2D eigenvalue weighted by molar-refractivity contribution is 0.646. The number of hydrogen-bond donors (Lipinski definition) is 1. The first-order chi connectivity index (χ1) is 6.83. The van der Waals surface area contributed by atoms with Crippen molar-refractivity contribution in [3.63, 3.8) is 0 Å². The van der Waals surface area contributed by atoms with Gasteiger partial charge in [-0.2, -0.15) is 0 Å². The summed E-state index contributed by atoms with van der Waals surface area (Å²) in [5.41, 5.74) is 7.65. The highest BCUT2D eigenvalue weighted by Gasteiger charge is 2.03. The predicted molar refractivity (Wildman–Crippen MR) is 59.1 cm³/mol. The van der Waals surface area contributed by atoms with Crippen molar-refractivity contribution >= 4 is 16.7 Å². The molecule has 0 fully saturated rings. The van der Waals surface area contributed by atoms with Gasteiger partial charge in [-0.3, -0.25) is 0 Å². The Kier molecular flexibility index (Phi) is 2.39. The third kappa shape index (κ3) is 1.45. The van der Waals surface area contributed by atoms with Crippen molar-refractivity contribution in [2.75, 3.05) is 5.73 Å². The van der Waals surface area contributed by atoms with Crippen LogP contribution in [-0.4, -0.2) is 9.55 Å². The molecule has 74 valence electrons. The molecule has 0 saturated heterocycles. The van der Waals surface area contributed by atoms with Gasteiger partial charge in [0.15, 0.2) is 0 Å². The summed E-state index contributed by atoms with van der Waals surface area (Å²) >= 11 is 0. The molecule has 0 atom stereocenters. The number of fused-ring (bicyclic) bond motifs is 1. The smallest absolute Gasteiger partial charge is 0.141 e. The topological polar surface area (TPSA) is 43.8 Å². The van der Waals surface area contributed by atoms with Gasteiger partial charge in [-0.25, -0.2) is 4.98 Å². The van der Waals surface area contributed by atoms with Gasteiger partial charge in [0.2, 0.25) is 0 Å². The van der Waals surface area contributed by atoms with Crippen molar-refractivity contribution in [3.05, 3.63) is 24.5 Å². The summed E-state index contributed by atoms with van der Waals surface area (Å²) in [5, 5.41) is 1.06. The Bertz CT molecular complexity index is 431. The highest BCUT2D eigenvalue weighted by molar-refractivity contribution is 5.88. The number of pyridine rings is 1. The molecule has 3 heteroatoms. The van der Waals surface area contributed by atoms with Crippen molar-refractivity contribution < 1.29 is 0 Å². The van der Waals surface area contributed by atoms with Crippen LogP contribution in [0.25, 0.3) is 11.0 Å². The number of aryl methyl sites for hydroxylation is 1. The maximum Gasteiger partial charge on any atom is 0.141 e. The number of rotatable bonds is 3. The van der Waals surface area contributed by atoms with E-state index in [0.717, 1.165) is 23.3 Å². The molecule has 3 nitrogen and oxygen atoms in total. The molecule has 0 saturated carbocycles. The van der Waals surface area contributed by atoms with Crippen LogP contribution in [0.15, 0.2) is 24.5 Å². The van der Waals surface area contributed by atoms with Crippen LogP contribution in [0, 0.1) is 0 Å². The average molecular weight is 189 g/mol. The summed E-state index contributed by atoms with van der Waals surface area (Å²) in [6, 6.07) is 3.87. The summed E-state index contributed by atoms with van der Waals surface area (Å²) < 4.78 is 2.16. The number of aromatic nitrogens is 2. The van der Waals surface area contributed by atoms with Gasteiger partial charge < -0.3 is 10.3 Å². The highest BCUT2D eigenvalue weighted by Crippen LogP contribution is 2.19. The van der Waals surface area contributed by atoms with Gasteiger partial charge >= 0.3 is 0 Å². The zero-order valence-electron chi connectivity index (χ0n) is 8.40. The molecule has 0 unspecified atom stereocenters. The van der Waals surface area contributed by atoms with E-state index in [1.54, 1.807) is 6.20 Å². The lowest BCUT2D eigenvalue weighted by Crippen LogP contribution is -1.97. The second-order valence-corrected chi connectivity index (χ2v) is 3.50. The standard InChI is InChI=1S/C11H15N3/c1-2-3-7-14-8-5-9-10(12)4-6-13-11(9)14/h4-6,8H,2-3,7H2,1H3,(H2,12,13). The molecular weight excluding hydrogens is 174 g/mol. The first kappa shape index (κ1) is 9.06. The van der Waals surface area contributed by atoms with E-state index in [1.165, 1.54) is 12.8 Å². The van der Waals surface area contributed by atoms with Crippen LogP contribution in [-0.2, 0) is 6.54 Å². The summed E-state index contributed by atoms with van der Waals surface area (Å²) in [6.07, 6.45) is 6.20. The molecule has 2 N–H and O–H groups in total. The van der Waals surface area contributed by atoms with E-state index in [-0.39, 0.29) is 0 Å². The molecule has 0 radical (unpaired) electrons. The quantitative estimate of drug-likeness (QED) is 0.805. The Morgan fingerprint density at radius 1 is 1.43 bits per heavy atom. The Balaban J connectivity index is 2.42.